The minimum Gasteiger partial charge on any atom is -0.508 e. The monoisotopic (exact) mass is 461 g/mol. The number of phenolic OH excluding ortho intramolecular Hbond substituents is 1. The van der Waals surface area contributed by atoms with E-state index in [0.717, 1.165) is 38.2 Å². The number of carbonyl (C=O) groups excluding carboxylic acids is 2. The summed E-state index contributed by atoms with van der Waals surface area (Å²) in [5, 5.41) is 10.6. The fourth-order valence-electron chi connectivity index (χ4n) is 6.28. The van der Waals surface area contributed by atoms with Gasteiger partial charge in [0, 0.05) is 55.3 Å². The molecule has 0 spiro atoms. The summed E-state index contributed by atoms with van der Waals surface area (Å²) in [5.74, 6) is 0.351. The second-order valence-corrected chi connectivity index (χ2v) is 11.0. The Labute approximate surface area is 202 Å². The summed E-state index contributed by atoms with van der Waals surface area (Å²) >= 11 is 0. The van der Waals surface area contributed by atoms with Gasteiger partial charge in [-0.3, -0.25) is 9.59 Å². The topological polar surface area (TPSA) is 64.1 Å². The average molecular weight is 462 g/mol. The molecule has 3 aliphatic rings. The van der Waals surface area contributed by atoms with Crippen LogP contribution in [0.1, 0.15) is 59.0 Å². The average Bonchev–Trinajstić information content (AvgIpc) is 2.82. The third-order valence-electron chi connectivity index (χ3n) is 9.06. The summed E-state index contributed by atoms with van der Waals surface area (Å²) < 4.78 is 0. The summed E-state index contributed by atoms with van der Waals surface area (Å²) in [6.45, 7) is 10.7. The van der Waals surface area contributed by atoms with Crippen molar-refractivity contribution in [3.63, 3.8) is 0 Å². The summed E-state index contributed by atoms with van der Waals surface area (Å²) in [4.78, 5) is 32.7. The van der Waals surface area contributed by atoms with Crippen molar-refractivity contribution in [2.24, 2.45) is 5.41 Å². The summed E-state index contributed by atoms with van der Waals surface area (Å²) in [5.41, 5.74) is 3.17. The number of piperidine rings is 1. The maximum absolute atomic E-state index is 13.7. The van der Waals surface area contributed by atoms with E-state index in [0.29, 0.717) is 29.8 Å². The SMILES string of the molecule is CN1CCN(C(=O)c2ccc(C(=O)N3CC[C@@]4(C)c5cccc(O)c5CC3C4(C)C)cc2)CC1. The van der Waals surface area contributed by atoms with Crippen LogP contribution in [0.25, 0.3) is 0 Å². The Balaban J connectivity index is 1.38. The Hall–Kier alpha value is -2.86. The van der Waals surface area contributed by atoms with Gasteiger partial charge in [-0.05, 0) is 66.8 Å². The number of hydrogen-bond donors (Lipinski definition) is 1. The van der Waals surface area contributed by atoms with Gasteiger partial charge in [0.05, 0.1) is 0 Å². The number of likely N-dealkylation sites (tertiary alicyclic amines) is 1. The minimum absolute atomic E-state index is 0.00223. The molecular weight excluding hydrogens is 426 g/mol. The van der Waals surface area contributed by atoms with Crippen LogP contribution in [0.5, 0.6) is 5.75 Å². The molecule has 0 radical (unpaired) electrons. The number of carbonyl (C=O) groups is 2. The third kappa shape index (κ3) is 3.42. The van der Waals surface area contributed by atoms with Gasteiger partial charge >= 0.3 is 0 Å². The molecule has 0 saturated carbocycles. The number of amides is 2. The number of aromatic hydroxyl groups is 1. The highest BCUT2D eigenvalue weighted by molar-refractivity contribution is 5.98. The molecule has 34 heavy (non-hydrogen) atoms. The zero-order valence-corrected chi connectivity index (χ0v) is 20.7. The van der Waals surface area contributed by atoms with E-state index in [-0.39, 0.29) is 28.7 Å². The Morgan fingerprint density at radius 1 is 0.882 bits per heavy atom. The number of piperazine rings is 1. The van der Waals surface area contributed by atoms with Crippen molar-refractivity contribution in [3.8, 4) is 5.75 Å². The molecule has 2 atom stereocenters. The smallest absolute Gasteiger partial charge is 0.254 e. The predicted molar refractivity (Wildman–Crippen MR) is 132 cm³/mol. The molecule has 2 aliphatic heterocycles. The zero-order chi connectivity index (χ0) is 24.3. The molecular formula is C28H35N3O3. The van der Waals surface area contributed by atoms with Crippen LogP contribution in [-0.2, 0) is 11.8 Å². The van der Waals surface area contributed by atoms with E-state index < -0.39 is 0 Å². The number of rotatable bonds is 2. The van der Waals surface area contributed by atoms with Gasteiger partial charge in [-0.2, -0.15) is 0 Å². The molecule has 1 aliphatic carbocycles. The molecule has 2 fully saturated rings. The largest absolute Gasteiger partial charge is 0.508 e. The number of likely N-dealkylation sites (N-methyl/N-ethyl adjacent to an activating group) is 1. The number of phenols is 1. The zero-order valence-electron chi connectivity index (χ0n) is 20.7. The van der Waals surface area contributed by atoms with E-state index >= 15 is 0 Å². The van der Waals surface area contributed by atoms with Crippen molar-refractivity contribution >= 4 is 11.8 Å². The van der Waals surface area contributed by atoms with Crippen LogP contribution in [0.2, 0.25) is 0 Å². The van der Waals surface area contributed by atoms with Crippen molar-refractivity contribution in [1.82, 2.24) is 14.7 Å². The molecule has 2 aromatic carbocycles. The van der Waals surface area contributed by atoms with E-state index in [9.17, 15) is 14.7 Å². The van der Waals surface area contributed by atoms with Crippen LogP contribution in [0.4, 0.5) is 0 Å². The van der Waals surface area contributed by atoms with Gasteiger partial charge in [0.1, 0.15) is 5.75 Å². The highest BCUT2D eigenvalue weighted by Gasteiger charge is 2.57. The van der Waals surface area contributed by atoms with E-state index in [4.69, 9.17) is 0 Å². The number of hydrogen-bond acceptors (Lipinski definition) is 4. The molecule has 2 aromatic rings. The standard InChI is InChI=1S/C28H35N3O3/c1-27(2)24-18-21-22(6-5-7-23(21)32)28(27,3)12-13-31(24)26(34)20-10-8-19(9-11-20)25(33)30-16-14-29(4)15-17-30/h5-11,24,32H,12-18H2,1-4H3/t24?,28-/m0/s1. The van der Waals surface area contributed by atoms with Crippen LogP contribution in [0.15, 0.2) is 42.5 Å². The Kier molecular flexibility index (Phi) is 5.47. The maximum Gasteiger partial charge on any atom is 0.254 e. The molecule has 2 heterocycles. The molecule has 2 saturated heterocycles. The fourth-order valence-corrected chi connectivity index (χ4v) is 6.28. The lowest BCUT2D eigenvalue weighted by molar-refractivity contribution is -0.0266. The summed E-state index contributed by atoms with van der Waals surface area (Å²) in [6.07, 6.45) is 1.50. The lowest BCUT2D eigenvalue weighted by Crippen LogP contribution is -2.64. The molecule has 2 amide bonds. The van der Waals surface area contributed by atoms with Crippen LogP contribution in [0.3, 0.4) is 0 Å². The van der Waals surface area contributed by atoms with Gasteiger partial charge in [-0.15, -0.1) is 0 Å². The first-order valence-electron chi connectivity index (χ1n) is 12.3. The fraction of sp³-hybridized carbons (Fsp3) is 0.500. The van der Waals surface area contributed by atoms with E-state index in [1.165, 1.54) is 5.56 Å². The quantitative estimate of drug-likeness (QED) is 0.743. The van der Waals surface area contributed by atoms with Crippen molar-refractivity contribution in [1.29, 1.82) is 0 Å². The second-order valence-electron chi connectivity index (χ2n) is 11.0. The van der Waals surface area contributed by atoms with Crippen LogP contribution >= 0.6 is 0 Å². The number of fused-ring (bicyclic) bond motifs is 4. The molecule has 1 N–H and O–H groups in total. The van der Waals surface area contributed by atoms with Crippen LogP contribution in [0, 0.1) is 5.41 Å². The van der Waals surface area contributed by atoms with Crippen molar-refractivity contribution in [3.05, 3.63) is 64.7 Å². The second kappa shape index (κ2) is 8.12. The summed E-state index contributed by atoms with van der Waals surface area (Å²) in [7, 11) is 2.07. The molecule has 0 aromatic heterocycles. The predicted octanol–water partition coefficient (Wildman–Crippen LogP) is 3.53. The van der Waals surface area contributed by atoms with Gasteiger partial charge in [0.2, 0.25) is 0 Å². The highest BCUT2D eigenvalue weighted by Crippen LogP contribution is 2.57. The van der Waals surface area contributed by atoms with Gasteiger partial charge in [-0.1, -0.05) is 32.9 Å². The third-order valence-corrected chi connectivity index (χ3v) is 9.06. The van der Waals surface area contributed by atoms with Crippen molar-refractivity contribution in [2.45, 2.75) is 45.1 Å². The molecule has 6 heteroatoms. The van der Waals surface area contributed by atoms with Crippen molar-refractivity contribution < 1.29 is 14.7 Å². The first-order valence-corrected chi connectivity index (χ1v) is 12.3. The lowest BCUT2D eigenvalue weighted by Gasteiger charge is -2.60. The Bertz CT molecular complexity index is 1120. The van der Waals surface area contributed by atoms with Gasteiger partial charge in [-0.25, -0.2) is 0 Å². The van der Waals surface area contributed by atoms with E-state index in [1.807, 2.05) is 15.9 Å². The molecule has 1 unspecified atom stereocenters. The van der Waals surface area contributed by atoms with Gasteiger partial charge in [0.25, 0.3) is 11.8 Å². The molecule has 5 rings (SSSR count). The van der Waals surface area contributed by atoms with Gasteiger partial charge in [0.15, 0.2) is 0 Å². The van der Waals surface area contributed by atoms with Crippen molar-refractivity contribution in [2.75, 3.05) is 39.8 Å². The Morgan fingerprint density at radius 3 is 2.15 bits per heavy atom. The molecule has 180 valence electrons. The highest BCUT2D eigenvalue weighted by atomic mass is 16.3. The molecule has 6 nitrogen and oxygen atoms in total. The number of nitrogens with zero attached hydrogens (tertiary/aromatic N) is 3. The first-order chi connectivity index (χ1) is 16.1. The summed E-state index contributed by atoms with van der Waals surface area (Å²) in [6, 6.07) is 13.0. The lowest BCUT2D eigenvalue weighted by atomic mass is 9.51. The van der Waals surface area contributed by atoms with Crippen LogP contribution < -0.4 is 0 Å². The van der Waals surface area contributed by atoms with Crippen LogP contribution in [-0.4, -0.2) is 77.4 Å². The first kappa shape index (κ1) is 22.9. The van der Waals surface area contributed by atoms with Gasteiger partial charge < -0.3 is 19.8 Å². The Morgan fingerprint density at radius 2 is 1.50 bits per heavy atom. The van der Waals surface area contributed by atoms with E-state index in [1.54, 1.807) is 30.3 Å². The molecule has 2 bridgehead atoms. The normalized spacial score (nSPS) is 26.2. The maximum atomic E-state index is 13.7. The minimum atomic E-state index is -0.140. The number of benzene rings is 2. The van der Waals surface area contributed by atoms with E-state index in [2.05, 4.69) is 38.8 Å².